The van der Waals surface area contributed by atoms with Crippen LogP contribution in [0.3, 0.4) is 0 Å². The first kappa shape index (κ1) is 28.0. The van der Waals surface area contributed by atoms with Gasteiger partial charge < -0.3 is 14.8 Å². The SMILES string of the molecule is CCCCN[C@@H](Cc1cccc(OC)c1)NC(=O)c1ccc(CN(C(=O)OC(C)(C)C)C23CC(C2)C3)cc1. The van der Waals surface area contributed by atoms with Crippen LogP contribution in [0.1, 0.15) is 81.3 Å². The summed E-state index contributed by atoms with van der Waals surface area (Å²) in [4.78, 5) is 28.1. The molecule has 2 aromatic carbocycles. The molecule has 3 fully saturated rings. The lowest BCUT2D eigenvalue weighted by atomic mass is 9.49. The molecule has 0 spiro atoms. The summed E-state index contributed by atoms with van der Waals surface area (Å²) >= 11 is 0. The largest absolute Gasteiger partial charge is 0.497 e. The van der Waals surface area contributed by atoms with E-state index in [0.717, 1.165) is 61.4 Å². The molecular formula is C31H43N3O4. The van der Waals surface area contributed by atoms with Crippen LogP contribution in [0.5, 0.6) is 5.75 Å². The van der Waals surface area contributed by atoms with E-state index < -0.39 is 5.60 Å². The van der Waals surface area contributed by atoms with Crippen LogP contribution in [-0.4, -0.2) is 47.9 Å². The van der Waals surface area contributed by atoms with Crippen molar-refractivity contribution in [2.75, 3.05) is 13.7 Å². The zero-order valence-electron chi connectivity index (χ0n) is 23.5. The van der Waals surface area contributed by atoms with Gasteiger partial charge in [-0.25, -0.2) is 4.79 Å². The normalized spacial score (nSPS) is 20.5. The molecule has 2 bridgehead atoms. The van der Waals surface area contributed by atoms with Crippen LogP contribution in [0.4, 0.5) is 4.79 Å². The number of hydrogen-bond acceptors (Lipinski definition) is 5. The number of nitrogens with one attached hydrogen (secondary N) is 2. The van der Waals surface area contributed by atoms with Crippen LogP contribution < -0.4 is 15.4 Å². The third-order valence-corrected chi connectivity index (χ3v) is 7.55. The number of hydrogen-bond donors (Lipinski definition) is 2. The van der Waals surface area contributed by atoms with Crippen molar-refractivity contribution in [1.29, 1.82) is 0 Å². The Bertz CT molecular complexity index is 1090. The molecular weight excluding hydrogens is 478 g/mol. The van der Waals surface area contributed by atoms with E-state index in [-0.39, 0.29) is 23.7 Å². The highest BCUT2D eigenvalue weighted by Crippen LogP contribution is 2.61. The van der Waals surface area contributed by atoms with Crippen LogP contribution in [-0.2, 0) is 17.7 Å². The number of nitrogens with zero attached hydrogens (tertiary/aromatic N) is 1. The average molecular weight is 522 g/mol. The van der Waals surface area contributed by atoms with Crippen molar-refractivity contribution in [3.05, 3.63) is 65.2 Å². The maximum absolute atomic E-state index is 13.2. The van der Waals surface area contributed by atoms with Crippen LogP contribution in [0.2, 0.25) is 0 Å². The molecule has 38 heavy (non-hydrogen) atoms. The third-order valence-electron chi connectivity index (χ3n) is 7.55. The molecule has 0 aliphatic heterocycles. The quantitative estimate of drug-likeness (QED) is 0.278. The zero-order valence-corrected chi connectivity index (χ0v) is 23.5. The molecule has 3 aliphatic carbocycles. The van der Waals surface area contributed by atoms with E-state index in [1.165, 1.54) is 0 Å². The fourth-order valence-corrected chi connectivity index (χ4v) is 5.35. The number of amides is 2. The van der Waals surface area contributed by atoms with Crippen LogP contribution in [0.15, 0.2) is 48.5 Å². The summed E-state index contributed by atoms with van der Waals surface area (Å²) in [6.45, 7) is 9.16. The molecule has 2 amide bonds. The summed E-state index contributed by atoms with van der Waals surface area (Å²) in [7, 11) is 1.66. The number of benzene rings is 2. The van der Waals surface area contributed by atoms with Gasteiger partial charge in [0.2, 0.25) is 0 Å². The van der Waals surface area contributed by atoms with Gasteiger partial charge in [-0.05, 0) is 94.3 Å². The number of methoxy groups -OCH3 is 1. The Kier molecular flexibility index (Phi) is 8.66. The van der Waals surface area contributed by atoms with Gasteiger partial charge in [0.15, 0.2) is 0 Å². The second kappa shape index (κ2) is 11.8. The smallest absolute Gasteiger partial charge is 0.411 e. The van der Waals surface area contributed by atoms with E-state index in [2.05, 4.69) is 17.6 Å². The van der Waals surface area contributed by atoms with Crippen molar-refractivity contribution in [2.24, 2.45) is 5.92 Å². The van der Waals surface area contributed by atoms with E-state index in [1.54, 1.807) is 7.11 Å². The van der Waals surface area contributed by atoms with Gasteiger partial charge in [-0.1, -0.05) is 37.6 Å². The molecule has 2 aromatic rings. The first-order chi connectivity index (χ1) is 18.1. The second-order valence-corrected chi connectivity index (χ2v) is 11.9. The topological polar surface area (TPSA) is 79.9 Å². The van der Waals surface area contributed by atoms with Crippen molar-refractivity contribution >= 4 is 12.0 Å². The van der Waals surface area contributed by atoms with E-state index in [1.807, 2.05) is 74.2 Å². The van der Waals surface area contributed by atoms with E-state index in [4.69, 9.17) is 9.47 Å². The van der Waals surface area contributed by atoms with Gasteiger partial charge in [0, 0.05) is 24.1 Å². The van der Waals surface area contributed by atoms with Crippen molar-refractivity contribution in [3.63, 3.8) is 0 Å². The summed E-state index contributed by atoms with van der Waals surface area (Å²) in [5, 5.41) is 6.63. The van der Waals surface area contributed by atoms with Gasteiger partial charge in [0.25, 0.3) is 5.91 Å². The first-order valence-corrected chi connectivity index (χ1v) is 13.9. The van der Waals surface area contributed by atoms with E-state index in [9.17, 15) is 9.59 Å². The molecule has 0 radical (unpaired) electrons. The van der Waals surface area contributed by atoms with Crippen molar-refractivity contribution in [3.8, 4) is 5.75 Å². The molecule has 3 aliphatic rings. The zero-order chi connectivity index (χ0) is 27.3. The standard InChI is InChI=1S/C31H43N3O4/c1-6-7-15-32-27(17-23-9-8-10-26(16-23)37-5)33-28(35)25-13-11-22(12-14-25)21-34(29(36)38-30(2,3)4)31-18-24(19-31)20-31/h8-14,16,24,27,32H,6-7,15,17-21H2,1-5H3,(H,33,35)/t24?,27-,31?/m1/s1. The monoisotopic (exact) mass is 521 g/mol. The molecule has 3 saturated carbocycles. The lowest BCUT2D eigenvalue weighted by Crippen LogP contribution is -2.69. The van der Waals surface area contributed by atoms with Crippen molar-refractivity contribution < 1.29 is 19.1 Å². The van der Waals surface area contributed by atoms with Gasteiger partial charge >= 0.3 is 6.09 Å². The van der Waals surface area contributed by atoms with E-state index in [0.29, 0.717) is 18.5 Å². The van der Waals surface area contributed by atoms with Gasteiger partial charge in [0.05, 0.1) is 13.3 Å². The summed E-state index contributed by atoms with van der Waals surface area (Å²) in [6, 6.07) is 15.5. The molecule has 2 N–H and O–H groups in total. The fraction of sp³-hybridized carbons (Fsp3) is 0.548. The Morgan fingerprint density at radius 3 is 2.37 bits per heavy atom. The maximum atomic E-state index is 13.2. The van der Waals surface area contributed by atoms with Crippen LogP contribution >= 0.6 is 0 Å². The average Bonchev–Trinajstić information content (AvgIpc) is 2.81. The minimum Gasteiger partial charge on any atom is -0.497 e. The third kappa shape index (κ3) is 6.87. The highest BCUT2D eigenvalue weighted by molar-refractivity contribution is 5.94. The van der Waals surface area contributed by atoms with Crippen molar-refractivity contribution in [2.45, 2.75) is 90.1 Å². The number of carbonyl (C=O) groups excluding carboxylic acids is 2. The maximum Gasteiger partial charge on any atom is 0.411 e. The first-order valence-electron chi connectivity index (χ1n) is 13.9. The Labute approximate surface area is 227 Å². The molecule has 1 atom stereocenters. The minimum absolute atomic E-state index is 0.0550. The molecule has 0 unspecified atom stereocenters. The molecule has 0 aromatic heterocycles. The lowest BCUT2D eigenvalue weighted by Gasteiger charge is -2.65. The Hall–Kier alpha value is -3.06. The van der Waals surface area contributed by atoms with E-state index >= 15 is 0 Å². The summed E-state index contributed by atoms with van der Waals surface area (Å²) in [5.41, 5.74) is 2.08. The molecule has 206 valence electrons. The van der Waals surface area contributed by atoms with Crippen LogP contribution in [0, 0.1) is 5.92 Å². The summed E-state index contributed by atoms with van der Waals surface area (Å²) in [5.74, 6) is 1.43. The highest BCUT2D eigenvalue weighted by atomic mass is 16.6. The Morgan fingerprint density at radius 2 is 1.79 bits per heavy atom. The number of rotatable bonds is 12. The van der Waals surface area contributed by atoms with Gasteiger partial charge in [-0.15, -0.1) is 0 Å². The number of unbranched alkanes of at least 4 members (excludes halogenated alkanes) is 1. The molecule has 0 heterocycles. The van der Waals surface area contributed by atoms with Gasteiger partial charge in [-0.2, -0.15) is 0 Å². The summed E-state index contributed by atoms with van der Waals surface area (Å²) in [6.07, 6.45) is 5.50. The predicted molar refractivity (Wildman–Crippen MR) is 149 cm³/mol. The van der Waals surface area contributed by atoms with Gasteiger partial charge in [-0.3, -0.25) is 15.0 Å². The second-order valence-electron chi connectivity index (χ2n) is 11.9. The highest BCUT2D eigenvalue weighted by Gasteiger charge is 2.61. The molecule has 7 heteroatoms. The molecule has 0 saturated heterocycles. The molecule has 5 rings (SSSR count). The van der Waals surface area contributed by atoms with Crippen LogP contribution in [0.25, 0.3) is 0 Å². The summed E-state index contributed by atoms with van der Waals surface area (Å²) < 4.78 is 11.1. The Morgan fingerprint density at radius 1 is 1.08 bits per heavy atom. The number of ether oxygens (including phenoxy) is 2. The molecule has 7 nitrogen and oxygen atoms in total. The van der Waals surface area contributed by atoms with Crippen molar-refractivity contribution in [1.82, 2.24) is 15.5 Å². The predicted octanol–water partition coefficient (Wildman–Crippen LogP) is 5.67. The lowest BCUT2D eigenvalue weighted by molar-refractivity contribution is -0.141. The number of carbonyl (C=O) groups is 2. The Balaban J connectivity index is 1.40. The van der Waals surface area contributed by atoms with Gasteiger partial charge in [0.1, 0.15) is 11.4 Å². The minimum atomic E-state index is -0.534. The fourth-order valence-electron chi connectivity index (χ4n) is 5.35.